The highest BCUT2D eigenvalue weighted by Crippen LogP contribution is 2.48. The standard InChI is InChI=1S/C16H19NO3/c1-9-3-2-4-12(7-9)15(18)17-14-11-6-5-10(8-11)13(14)16(19)20/h2-4,7,10-11,13-14H,5-6,8H2,1H3,(H,17,18)(H,19,20). The minimum atomic E-state index is -0.772. The first-order valence-electron chi connectivity index (χ1n) is 7.16. The van der Waals surface area contributed by atoms with Crippen LogP contribution in [0.15, 0.2) is 24.3 Å². The molecular weight excluding hydrogens is 254 g/mol. The Morgan fingerprint density at radius 3 is 2.70 bits per heavy atom. The number of hydrogen-bond donors (Lipinski definition) is 2. The van der Waals surface area contributed by atoms with Gasteiger partial charge in [-0.15, -0.1) is 0 Å². The second kappa shape index (κ2) is 4.93. The molecular formula is C16H19NO3. The molecule has 0 heterocycles. The lowest BCUT2D eigenvalue weighted by Crippen LogP contribution is -2.46. The minimum absolute atomic E-state index is 0.155. The molecule has 2 bridgehead atoms. The number of fused-ring (bicyclic) bond motifs is 2. The predicted molar refractivity (Wildman–Crippen MR) is 74.4 cm³/mol. The van der Waals surface area contributed by atoms with E-state index in [1.807, 2.05) is 25.1 Å². The number of aryl methyl sites for hydroxylation is 1. The Bertz CT molecular complexity index is 554. The summed E-state index contributed by atoms with van der Waals surface area (Å²) in [6.45, 7) is 1.94. The molecule has 0 saturated heterocycles. The zero-order valence-corrected chi connectivity index (χ0v) is 11.5. The summed E-state index contributed by atoms with van der Waals surface area (Å²) >= 11 is 0. The van der Waals surface area contributed by atoms with Gasteiger partial charge in [0.25, 0.3) is 5.91 Å². The fraction of sp³-hybridized carbons (Fsp3) is 0.500. The first-order chi connectivity index (χ1) is 9.56. The van der Waals surface area contributed by atoms with Crippen LogP contribution in [0, 0.1) is 24.7 Å². The van der Waals surface area contributed by atoms with Gasteiger partial charge in [0.05, 0.1) is 5.92 Å². The zero-order chi connectivity index (χ0) is 14.3. The Morgan fingerprint density at radius 1 is 1.25 bits per heavy atom. The van der Waals surface area contributed by atoms with Gasteiger partial charge in [0.15, 0.2) is 0 Å². The normalized spacial score (nSPS) is 31.2. The van der Waals surface area contributed by atoms with Crippen molar-refractivity contribution in [2.45, 2.75) is 32.2 Å². The number of carboxylic acid groups (broad SMARTS) is 1. The van der Waals surface area contributed by atoms with Gasteiger partial charge in [-0.2, -0.15) is 0 Å². The van der Waals surface area contributed by atoms with E-state index in [9.17, 15) is 14.7 Å². The van der Waals surface area contributed by atoms with E-state index in [2.05, 4.69) is 5.32 Å². The molecule has 2 saturated carbocycles. The van der Waals surface area contributed by atoms with Crippen molar-refractivity contribution in [1.29, 1.82) is 0 Å². The molecule has 1 aromatic carbocycles. The van der Waals surface area contributed by atoms with E-state index in [0.717, 1.165) is 24.8 Å². The van der Waals surface area contributed by atoms with E-state index >= 15 is 0 Å². The maximum atomic E-state index is 12.3. The Hall–Kier alpha value is -1.84. The largest absolute Gasteiger partial charge is 0.481 e. The van der Waals surface area contributed by atoms with Crippen molar-refractivity contribution < 1.29 is 14.7 Å². The average molecular weight is 273 g/mol. The quantitative estimate of drug-likeness (QED) is 0.887. The highest BCUT2D eigenvalue weighted by molar-refractivity contribution is 5.95. The first-order valence-corrected chi connectivity index (χ1v) is 7.16. The molecule has 4 nitrogen and oxygen atoms in total. The number of rotatable bonds is 3. The Morgan fingerprint density at radius 2 is 2.00 bits per heavy atom. The van der Waals surface area contributed by atoms with Crippen LogP contribution in [0.25, 0.3) is 0 Å². The molecule has 0 aromatic heterocycles. The maximum Gasteiger partial charge on any atom is 0.308 e. The Labute approximate surface area is 118 Å². The van der Waals surface area contributed by atoms with Crippen LogP contribution >= 0.6 is 0 Å². The van der Waals surface area contributed by atoms with Gasteiger partial charge in [-0.1, -0.05) is 17.7 Å². The summed E-state index contributed by atoms with van der Waals surface area (Å²) in [4.78, 5) is 23.7. The number of carbonyl (C=O) groups is 2. The average Bonchev–Trinajstić information content (AvgIpc) is 2.99. The van der Waals surface area contributed by atoms with Crippen molar-refractivity contribution in [3.05, 3.63) is 35.4 Å². The third-order valence-electron chi connectivity index (χ3n) is 4.78. The summed E-state index contributed by atoms with van der Waals surface area (Å²) in [5.74, 6) is -0.776. The Balaban J connectivity index is 1.77. The topological polar surface area (TPSA) is 66.4 Å². The summed E-state index contributed by atoms with van der Waals surface area (Å²) < 4.78 is 0. The zero-order valence-electron chi connectivity index (χ0n) is 11.5. The van der Waals surface area contributed by atoms with Crippen molar-refractivity contribution in [1.82, 2.24) is 5.32 Å². The van der Waals surface area contributed by atoms with Crippen molar-refractivity contribution in [2.75, 3.05) is 0 Å². The number of nitrogens with one attached hydrogen (secondary N) is 1. The lowest BCUT2D eigenvalue weighted by molar-refractivity contribution is -0.144. The molecule has 0 aliphatic heterocycles. The summed E-state index contributed by atoms with van der Waals surface area (Å²) in [6.07, 6.45) is 2.96. The maximum absolute atomic E-state index is 12.3. The highest BCUT2D eigenvalue weighted by Gasteiger charge is 2.51. The van der Waals surface area contributed by atoms with Gasteiger partial charge < -0.3 is 10.4 Å². The number of carbonyl (C=O) groups excluding carboxylic acids is 1. The van der Waals surface area contributed by atoms with Crippen molar-refractivity contribution in [3.63, 3.8) is 0 Å². The molecule has 1 aromatic rings. The summed E-state index contributed by atoms with van der Waals surface area (Å²) in [7, 11) is 0. The van der Waals surface area contributed by atoms with Crippen LogP contribution in [-0.2, 0) is 4.79 Å². The van der Waals surface area contributed by atoms with Gasteiger partial charge >= 0.3 is 5.97 Å². The van der Waals surface area contributed by atoms with Crippen LogP contribution in [-0.4, -0.2) is 23.0 Å². The highest BCUT2D eigenvalue weighted by atomic mass is 16.4. The molecule has 4 unspecified atom stereocenters. The van der Waals surface area contributed by atoms with Crippen LogP contribution < -0.4 is 5.32 Å². The molecule has 2 N–H and O–H groups in total. The third kappa shape index (κ3) is 2.19. The fourth-order valence-corrected chi connectivity index (χ4v) is 3.88. The van der Waals surface area contributed by atoms with Crippen LogP contribution in [0.1, 0.15) is 35.2 Å². The summed E-state index contributed by atoms with van der Waals surface area (Å²) in [5.41, 5.74) is 1.64. The van der Waals surface area contributed by atoms with Gasteiger partial charge in [-0.3, -0.25) is 9.59 Å². The number of benzene rings is 1. The lowest BCUT2D eigenvalue weighted by atomic mass is 9.84. The van der Waals surface area contributed by atoms with Gasteiger partial charge in [-0.25, -0.2) is 0 Å². The van der Waals surface area contributed by atoms with Crippen molar-refractivity contribution in [3.8, 4) is 0 Å². The van der Waals surface area contributed by atoms with E-state index < -0.39 is 11.9 Å². The molecule has 2 fully saturated rings. The molecule has 2 aliphatic rings. The second-order valence-electron chi connectivity index (χ2n) is 6.07. The molecule has 0 spiro atoms. The smallest absolute Gasteiger partial charge is 0.308 e. The number of carboxylic acids is 1. The van der Waals surface area contributed by atoms with Crippen LogP contribution in [0.5, 0.6) is 0 Å². The van der Waals surface area contributed by atoms with Crippen LogP contribution in [0.4, 0.5) is 0 Å². The monoisotopic (exact) mass is 273 g/mol. The number of amides is 1. The van der Waals surface area contributed by atoms with Gasteiger partial charge in [-0.05, 0) is 50.2 Å². The number of aliphatic carboxylic acids is 1. The first kappa shape index (κ1) is 13.2. The molecule has 4 atom stereocenters. The van der Waals surface area contributed by atoms with Gasteiger partial charge in [0.1, 0.15) is 0 Å². The van der Waals surface area contributed by atoms with E-state index in [1.165, 1.54) is 0 Å². The summed E-state index contributed by atoms with van der Waals surface area (Å²) in [5, 5.41) is 12.3. The Kier molecular flexibility index (Phi) is 3.24. The van der Waals surface area contributed by atoms with Crippen LogP contribution in [0.3, 0.4) is 0 Å². The fourth-order valence-electron chi connectivity index (χ4n) is 3.88. The predicted octanol–water partition coefficient (Wildman–Crippen LogP) is 2.22. The summed E-state index contributed by atoms with van der Waals surface area (Å²) in [6, 6.07) is 7.18. The van der Waals surface area contributed by atoms with E-state index in [4.69, 9.17) is 0 Å². The van der Waals surface area contributed by atoms with Gasteiger partial charge in [0, 0.05) is 11.6 Å². The molecule has 20 heavy (non-hydrogen) atoms. The molecule has 4 heteroatoms. The van der Waals surface area contributed by atoms with E-state index in [1.54, 1.807) is 6.07 Å². The molecule has 1 amide bonds. The van der Waals surface area contributed by atoms with E-state index in [-0.39, 0.29) is 17.9 Å². The molecule has 106 valence electrons. The van der Waals surface area contributed by atoms with Crippen molar-refractivity contribution >= 4 is 11.9 Å². The van der Waals surface area contributed by atoms with Crippen molar-refractivity contribution in [2.24, 2.45) is 17.8 Å². The molecule has 2 aliphatic carbocycles. The minimum Gasteiger partial charge on any atom is -0.481 e. The molecule has 3 rings (SSSR count). The van der Waals surface area contributed by atoms with Crippen LogP contribution in [0.2, 0.25) is 0 Å². The third-order valence-corrected chi connectivity index (χ3v) is 4.78. The van der Waals surface area contributed by atoms with Gasteiger partial charge in [0.2, 0.25) is 0 Å². The molecule has 0 radical (unpaired) electrons. The number of hydrogen-bond acceptors (Lipinski definition) is 2. The SMILES string of the molecule is Cc1cccc(C(=O)NC2C3CCC(C3)C2C(=O)O)c1. The lowest BCUT2D eigenvalue weighted by Gasteiger charge is -2.28. The second-order valence-corrected chi connectivity index (χ2v) is 6.07. The van der Waals surface area contributed by atoms with E-state index in [0.29, 0.717) is 11.5 Å².